The fourth-order valence-electron chi connectivity index (χ4n) is 1.10. The molecule has 0 saturated carbocycles. The summed E-state index contributed by atoms with van der Waals surface area (Å²) in [6.45, 7) is 3.10. The molecule has 0 unspecified atom stereocenters. The van der Waals surface area contributed by atoms with E-state index < -0.39 is 0 Å². The number of anilines is 1. The molecule has 0 aliphatic carbocycles. The molecule has 13 heavy (non-hydrogen) atoms. The molecule has 0 spiro atoms. The predicted octanol–water partition coefficient (Wildman–Crippen LogP) is 1.37. The van der Waals surface area contributed by atoms with Crippen LogP contribution in [0.1, 0.15) is 12.5 Å². The molecule has 0 aromatic carbocycles. The maximum absolute atomic E-state index is 13.5. The lowest BCUT2D eigenvalue weighted by Gasteiger charge is -2.07. The Hall–Kier alpha value is -1.16. The average Bonchev–Trinajstić information content (AvgIpc) is 2.13. The van der Waals surface area contributed by atoms with Crippen LogP contribution in [-0.4, -0.2) is 18.6 Å². The maximum Gasteiger partial charge on any atom is 0.169 e. The van der Waals surface area contributed by atoms with Gasteiger partial charge in [-0.15, -0.1) is 0 Å². The van der Waals surface area contributed by atoms with E-state index in [0.29, 0.717) is 24.5 Å². The van der Waals surface area contributed by atoms with E-state index in [2.05, 4.69) is 15.6 Å². The number of halogens is 1. The summed E-state index contributed by atoms with van der Waals surface area (Å²) in [7, 11) is 1.78. The molecule has 0 radical (unpaired) electrons. The summed E-state index contributed by atoms with van der Waals surface area (Å²) in [4.78, 5) is 3.90. The van der Waals surface area contributed by atoms with Crippen molar-refractivity contribution in [1.29, 1.82) is 0 Å². The molecular weight excluding hydrogens is 169 g/mol. The van der Waals surface area contributed by atoms with Crippen LogP contribution in [0.25, 0.3) is 0 Å². The van der Waals surface area contributed by atoms with Crippen LogP contribution in [0.5, 0.6) is 0 Å². The second-order valence-corrected chi connectivity index (χ2v) is 2.69. The molecule has 0 aliphatic heterocycles. The average molecular weight is 183 g/mol. The van der Waals surface area contributed by atoms with Crippen LogP contribution in [0.3, 0.4) is 0 Å². The van der Waals surface area contributed by atoms with Crippen molar-refractivity contribution in [2.45, 2.75) is 13.5 Å². The normalized spacial score (nSPS) is 10.1. The van der Waals surface area contributed by atoms with E-state index in [4.69, 9.17) is 0 Å². The third-order valence-corrected chi connectivity index (χ3v) is 1.68. The SMILES string of the molecule is CCNc1nccc(CNC)c1F. The Morgan fingerprint density at radius 1 is 1.54 bits per heavy atom. The van der Waals surface area contributed by atoms with Gasteiger partial charge in [0.2, 0.25) is 0 Å². The summed E-state index contributed by atoms with van der Waals surface area (Å²) in [5, 5.41) is 5.76. The molecule has 3 nitrogen and oxygen atoms in total. The minimum atomic E-state index is -0.265. The highest BCUT2D eigenvalue weighted by Crippen LogP contribution is 2.14. The molecular formula is C9H14FN3. The Morgan fingerprint density at radius 3 is 2.92 bits per heavy atom. The molecule has 2 N–H and O–H groups in total. The first-order valence-corrected chi connectivity index (χ1v) is 4.31. The Bertz CT molecular complexity index is 251. The largest absolute Gasteiger partial charge is 0.368 e. The number of nitrogens with one attached hydrogen (secondary N) is 2. The first kappa shape index (κ1) is 9.92. The highest BCUT2D eigenvalue weighted by atomic mass is 19.1. The van der Waals surface area contributed by atoms with Crippen molar-refractivity contribution in [2.75, 3.05) is 18.9 Å². The number of aromatic nitrogens is 1. The lowest BCUT2D eigenvalue weighted by molar-refractivity contribution is 0.598. The van der Waals surface area contributed by atoms with Crippen molar-refractivity contribution in [3.8, 4) is 0 Å². The molecule has 4 heteroatoms. The molecule has 1 aromatic rings. The zero-order chi connectivity index (χ0) is 9.68. The second-order valence-electron chi connectivity index (χ2n) is 2.69. The lowest BCUT2D eigenvalue weighted by Crippen LogP contribution is -2.10. The maximum atomic E-state index is 13.5. The summed E-state index contributed by atoms with van der Waals surface area (Å²) >= 11 is 0. The molecule has 0 fully saturated rings. The fourth-order valence-corrected chi connectivity index (χ4v) is 1.10. The van der Waals surface area contributed by atoms with E-state index in [1.54, 1.807) is 19.3 Å². The third kappa shape index (κ3) is 2.39. The number of hydrogen-bond acceptors (Lipinski definition) is 3. The van der Waals surface area contributed by atoms with Crippen LogP contribution in [0, 0.1) is 5.82 Å². The van der Waals surface area contributed by atoms with E-state index in [0.717, 1.165) is 0 Å². The Labute approximate surface area is 77.4 Å². The van der Waals surface area contributed by atoms with Gasteiger partial charge in [0.25, 0.3) is 0 Å². The first-order chi connectivity index (χ1) is 6.29. The van der Waals surface area contributed by atoms with E-state index in [1.807, 2.05) is 6.92 Å². The highest BCUT2D eigenvalue weighted by Gasteiger charge is 2.06. The molecule has 0 saturated heterocycles. The predicted molar refractivity (Wildman–Crippen MR) is 51.1 cm³/mol. The standard InChI is InChI=1S/C9H14FN3/c1-3-12-9-8(10)7(6-11-2)4-5-13-9/h4-5,11H,3,6H2,1-2H3,(H,12,13). The van der Waals surface area contributed by atoms with Crippen molar-refractivity contribution in [3.05, 3.63) is 23.6 Å². The van der Waals surface area contributed by atoms with Crippen molar-refractivity contribution in [3.63, 3.8) is 0 Å². The quantitative estimate of drug-likeness (QED) is 0.740. The Morgan fingerprint density at radius 2 is 2.31 bits per heavy atom. The molecule has 0 amide bonds. The van der Waals surface area contributed by atoms with Gasteiger partial charge in [0, 0.05) is 24.8 Å². The van der Waals surface area contributed by atoms with Gasteiger partial charge in [-0.25, -0.2) is 9.37 Å². The molecule has 72 valence electrons. The topological polar surface area (TPSA) is 37.0 Å². The van der Waals surface area contributed by atoms with Gasteiger partial charge in [0.1, 0.15) is 0 Å². The van der Waals surface area contributed by atoms with Gasteiger partial charge in [0.05, 0.1) is 0 Å². The molecule has 1 rings (SSSR count). The van der Waals surface area contributed by atoms with Crippen LogP contribution in [-0.2, 0) is 6.54 Å². The van der Waals surface area contributed by atoms with Gasteiger partial charge in [-0.3, -0.25) is 0 Å². The molecule has 0 aliphatic rings. The van der Waals surface area contributed by atoms with Gasteiger partial charge in [-0.1, -0.05) is 0 Å². The first-order valence-electron chi connectivity index (χ1n) is 4.31. The number of pyridine rings is 1. The van der Waals surface area contributed by atoms with Crippen molar-refractivity contribution in [2.24, 2.45) is 0 Å². The van der Waals surface area contributed by atoms with Crippen LogP contribution >= 0.6 is 0 Å². The monoisotopic (exact) mass is 183 g/mol. The zero-order valence-electron chi connectivity index (χ0n) is 7.89. The highest BCUT2D eigenvalue weighted by molar-refractivity contribution is 5.39. The van der Waals surface area contributed by atoms with E-state index in [-0.39, 0.29) is 5.82 Å². The van der Waals surface area contributed by atoms with Gasteiger partial charge in [-0.05, 0) is 20.0 Å². The van der Waals surface area contributed by atoms with Gasteiger partial charge in [-0.2, -0.15) is 0 Å². The smallest absolute Gasteiger partial charge is 0.169 e. The fraction of sp³-hybridized carbons (Fsp3) is 0.444. The molecule has 1 aromatic heterocycles. The van der Waals surface area contributed by atoms with E-state index in [1.165, 1.54) is 0 Å². The minimum absolute atomic E-state index is 0.265. The van der Waals surface area contributed by atoms with Gasteiger partial charge >= 0.3 is 0 Å². The van der Waals surface area contributed by atoms with Crippen LogP contribution in [0.15, 0.2) is 12.3 Å². The molecule has 1 heterocycles. The van der Waals surface area contributed by atoms with Crippen molar-refractivity contribution in [1.82, 2.24) is 10.3 Å². The lowest BCUT2D eigenvalue weighted by atomic mass is 10.2. The molecule has 0 bridgehead atoms. The summed E-state index contributed by atoms with van der Waals surface area (Å²) in [5.74, 6) is 0.0638. The number of rotatable bonds is 4. The summed E-state index contributed by atoms with van der Waals surface area (Å²) in [5.41, 5.74) is 0.633. The van der Waals surface area contributed by atoms with Crippen LogP contribution in [0.2, 0.25) is 0 Å². The van der Waals surface area contributed by atoms with Gasteiger partial charge < -0.3 is 10.6 Å². The second kappa shape index (κ2) is 4.77. The molecule has 0 atom stereocenters. The van der Waals surface area contributed by atoms with Gasteiger partial charge in [0.15, 0.2) is 11.6 Å². The van der Waals surface area contributed by atoms with Crippen molar-refractivity contribution < 1.29 is 4.39 Å². The van der Waals surface area contributed by atoms with Crippen LogP contribution in [0.4, 0.5) is 10.2 Å². The summed E-state index contributed by atoms with van der Waals surface area (Å²) < 4.78 is 13.5. The Balaban J connectivity index is 2.89. The van der Waals surface area contributed by atoms with Crippen LogP contribution < -0.4 is 10.6 Å². The van der Waals surface area contributed by atoms with E-state index in [9.17, 15) is 4.39 Å². The number of nitrogens with zero attached hydrogens (tertiary/aromatic N) is 1. The van der Waals surface area contributed by atoms with Crippen molar-refractivity contribution >= 4 is 5.82 Å². The summed E-state index contributed by atoms with van der Waals surface area (Å²) in [6.07, 6.45) is 1.60. The van der Waals surface area contributed by atoms with E-state index >= 15 is 0 Å². The summed E-state index contributed by atoms with van der Waals surface area (Å²) in [6, 6.07) is 1.67. The third-order valence-electron chi connectivity index (χ3n) is 1.68. The number of hydrogen-bond donors (Lipinski definition) is 2. The zero-order valence-corrected chi connectivity index (χ0v) is 7.89. The minimum Gasteiger partial charge on any atom is -0.368 e. The Kier molecular flexibility index (Phi) is 3.64.